The molecule has 7 rings (SSSR count). The summed E-state index contributed by atoms with van der Waals surface area (Å²) in [6, 6.07) is 2.76. The Labute approximate surface area is 327 Å². The maximum absolute atomic E-state index is 12.8. The second-order valence-corrected chi connectivity index (χ2v) is 25.5. The summed E-state index contributed by atoms with van der Waals surface area (Å²) in [4.78, 5) is 49.2. The number of aromatic nitrogens is 6. The van der Waals surface area contributed by atoms with Crippen LogP contribution in [-0.4, -0.2) is 98.0 Å². The first-order valence-corrected chi connectivity index (χ1v) is 25.6. The van der Waals surface area contributed by atoms with E-state index in [-0.39, 0.29) is 48.3 Å². The Morgan fingerprint density at radius 2 is 1.51 bits per heavy atom. The second-order valence-electron chi connectivity index (χ2n) is 15.0. The molecule has 0 saturated carbocycles. The van der Waals surface area contributed by atoms with Crippen LogP contribution in [0, 0.1) is 12.5 Å². The molecule has 55 heavy (non-hydrogen) atoms. The summed E-state index contributed by atoms with van der Waals surface area (Å²) in [6.45, 7) is 11.2. The smallest absolute Gasteiger partial charge is 0.327 e. The van der Waals surface area contributed by atoms with Crippen LogP contribution in [0.15, 0.2) is 58.9 Å². The fourth-order valence-electron chi connectivity index (χ4n) is 6.51. The van der Waals surface area contributed by atoms with E-state index >= 15 is 0 Å². The molecule has 10 atom stereocenters. The highest BCUT2D eigenvalue weighted by Crippen LogP contribution is 2.58. The molecule has 2 unspecified atom stereocenters. The average molecular weight is 856 g/mol. The van der Waals surface area contributed by atoms with Gasteiger partial charge in [-0.25, -0.2) is 16.5 Å². The maximum Gasteiger partial charge on any atom is 0.327 e. The van der Waals surface area contributed by atoms with Gasteiger partial charge in [-0.1, -0.05) is 27.7 Å². The molecule has 298 valence electrons. The van der Waals surface area contributed by atoms with Crippen LogP contribution in [0.2, 0.25) is 18.1 Å². The molecular weight excluding hydrogens is 813 g/mol. The van der Waals surface area contributed by atoms with E-state index in [2.05, 4.69) is 48.7 Å². The molecule has 4 aromatic rings. The zero-order valence-electron chi connectivity index (χ0n) is 30.9. The molecule has 0 amide bonds. The van der Waals surface area contributed by atoms with E-state index in [1.807, 2.05) is 6.92 Å². The highest BCUT2D eigenvalue weighted by atomic mass is 32.5. The van der Waals surface area contributed by atoms with Crippen LogP contribution in [0.3, 0.4) is 0 Å². The summed E-state index contributed by atoms with van der Waals surface area (Å²) < 4.78 is 58.0. The van der Waals surface area contributed by atoms with Crippen LogP contribution >= 0.6 is 13.4 Å². The van der Waals surface area contributed by atoms with Crippen molar-refractivity contribution in [3.8, 4) is 0 Å². The largest absolute Gasteiger partial charge is 0.407 e. The average Bonchev–Trinajstić information content (AvgIpc) is 3.92. The van der Waals surface area contributed by atoms with Crippen molar-refractivity contribution in [2.45, 2.75) is 88.8 Å². The number of hydrogen-bond donors (Lipinski definition) is 1. The number of ether oxygens (including phenoxy) is 2. The van der Waals surface area contributed by atoms with Crippen LogP contribution in [0.5, 0.6) is 0 Å². The highest BCUT2D eigenvalue weighted by molar-refractivity contribution is 8.07. The molecule has 0 aromatic carbocycles. The van der Waals surface area contributed by atoms with E-state index in [1.54, 1.807) is 21.5 Å². The Kier molecular flexibility index (Phi) is 11.3. The van der Waals surface area contributed by atoms with Gasteiger partial charge < -0.3 is 41.7 Å². The molecule has 3 aliphatic rings. The van der Waals surface area contributed by atoms with Gasteiger partial charge in [0.1, 0.15) is 31.0 Å². The normalized spacial score (nSPS) is 33.5. The molecule has 0 aliphatic carbocycles. The zero-order chi connectivity index (χ0) is 39.5. The summed E-state index contributed by atoms with van der Waals surface area (Å²) in [5, 5.41) is -0.262. The van der Waals surface area contributed by atoms with Crippen molar-refractivity contribution in [1.82, 2.24) is 27.9 Å². The first-order chi connectivity index (χ1) is 25.9. The number of fused-ring (bicyclic) bond motifs is 5. The van der Waals surface area contributed by atoms with Crippen molar-refractivity contribution in [2.24, 2.45) is 5.92 Å². The van der Waals surface area contributed by atoms with Gasteiger partial charge in [0.2, 0.25) is 18.1 Å². The molecule has 1 N–H and O–H groups in total. The minimum atomic E-state index is -4.07. The van der Waals surface area contributed by atoms with Crippen molar-refractivity contribution in [2.75, 3.05) is 26.4 Å². The Hall–Kier alpha value is -2.51. The van der Waals surface area contributed by atoms with Crippen LogP contribution in [0.4, 0.5) is 0 Å². The minimum Gasteiger partial charge on any atom is -0.407 e. The lowest BCUT2D eigenvalue weighted by molar-refractivity contribution is -0.0615. The van der Waals surface area contributed by atoms with Crippen molar-refractivity contribution in [3.63, 3.8) is 0 Å². The molecule has 3 saturated heterocycles. The van der Waals surface area contributed by atoms with Crippen LogP contribution in [-0.2, 0) is 60.1 Å². The lowest BCUT2D eigenvalue weighted by Crippen LogP contribution is -2.49. The van der Waals surface area contributed by atoms with E-state index in [0.717, 1.165) is 0 Å². The molecular formula is C32H43N7O11P2S2Si. The van der Waals surface area contributed by atoms with Gasteiger partial charge in [0.25, 0.3) is 11.1 Å². The van der Waals surface area contributed by atoms with Crippen LogP contribution in [0.1, 0.15) is 40.2 Å². The number of imidazole rings is 2. The van der Waals surface area contributed by atoms with Crippen molar-refractivity contribution >= 4 is 56.9 Å². The van der Waals surface area contributed by atoms with Crippen molar-refractivity contribution < 1.29 is 41.4 Å². The summed E-state index contributed by atoms with van der Waals surface area (Å²) in [5.41, 5.74) is -0.587. The highest BCUT2D eigenvalue weighted by Gasteiger charge is 2.55. The van der Waals surface area contributed by atoms with Gasteiger partial charge in [-0.3, -0.25) is 32.0 Å². The molecule has 0 spiro atoms. The van der Waals surface area contributed by atoms with Crippen LogP contribution in [0.25, 0.3) is 16.4 Å². The SMILES string of the molecule is [C-]#[N+]CCOP1(=S)OC[C@H]2O[C@@H](n3ccc(=O)n4ccnc34)[C@H](OP(O)(=S)OC[C@H]3O[C@@H](n4ccc(=O)n5ccnc45)[C@H](O[Si](C)(C)C(C)(C)C)[C@@H]3O1)[C@@H]2C. The third-order valence-electron chi connectivity index (χ3n) is 10.5. The van der Waals surface area contributed by atoms with Crippen LogP contribution < -0.4 is 11.1 Å². The molecule has 2 bridgehead atoms. The summed E-state index contributed by atoms with van der Waals surface area (Å²) in [6.07, 6.45) is 2.72. The molecule has 4 aromatic heterocycles. The second kappa shape index (κ2) is 15.3. The quantitative estimate of drug-likeness (QED) is 0.122. The Bertz CT molecular complexity index is 2320. The molecule has 7 heterocycles. The van der Waals surface area contributed by atoms with Gasteiger partial charge in [-0.2, -0.15) is 0 Å². The maximum atomic E-state index is 12.8. The summed E-state index contributed by atoms with van der Waals surface area (Å²) >= 11 is 11.7. The fraction of sp³-hybridized carbons (Fsp3) is 0.594. The third kappa shape index (κ3) is 8.01. The van der Waals surface area contributed by atoms with Crippen molar-refractivity contribution in [1.29, 1.82) is 0 Å². The molecule has 18 nitrogen and oxygen atoms in total. The van der Waals surface area contributed by atoms with Gasteiger partial charge in [-0.15, -0.1) is 0 Å². The number of hydrogen-bond acceptors (Lipinski definition) is 14. The van der Waals surface area contributed by atoms with E-state index in [0.29, 0.717) is 5.78 Å². The lowest BCUT2D eigenvalue weighted by atomic mass is 10.0. The number of rotatable bonds is 7. The zero-order valence-corrected chi connectivity index (χ0v) is 35.4. The van der Waals surface area contributed by atoms with E-state index in [1.165, 1.54) is 45.7 Å². The lowest BCUT2D eigenvalue weighted by Gasteiger charge is -2.41. The topological polar surface area (TPSA) is 177 Å². The van der Waals surface area contributed by atoms with E-state index in [4.69, 9.17) is 66.7 Å². The first-order valence-electron chi connectivity index (χ1n) is 17.6. The Morgan fingerprint density at radius 3 is 2.11 bits per heavy atom. The van der Waals surface area contributed by atoms with Gasteiger partial charge in [0.05, 0.1) is 19.3 Å². The summed E-state index contributed by atoms with van der Waals surface area (Å²) in [5.74, 6) is 0.0924. The van der Waals surface area contributed by atoms with Gasteiger partial charge in [0.15, 0.2) is 20.8 Å². The Balaban J connectivity index is 1.31. The van der Waals surface area contributed by atoms with Gasteiger partial charge in [0, 0.05) is 55.2 Å². The fourth-order valence-corrected chi connectivity index (χ4v) is 11.4. The minimum absolute atomic E-state index is 0.00492. The standard InChI is InChI=1S/C32H43N7O11P2S2Si/c1-20-21-18-45-52(54,43-17-12-33-5)49-26-22(19-44-51(42,53)48-25(20)28(46-21)38-13-8-23(40)36-15-10-34-30(36)38)47-29(27(26)50-55(6,7)32(2,3)4)39-14-9-24(41)37-16-11-35-31(37)39/h8-11,13-16,20-22,25-29H,12,17-19H2,1-4,6-7H3,(H,42,53)/t20-,21-,22-,25-,26-,27-,28-,29-,51?,52?/m1/s1. The third-order valence-corrected chi connectivity index (χ3v) is 18.9. The predicted octanol–water partition coefficient (Wildman–Crippen LogP) is 4.02. The van der Waals surface area contributed by atoms with Crippen molar-refractivity contribution in [3.05, 3.63) is 81.4 Å². The first kappa shape index (κ1) is 40.7. The molecule has 3 aliphatic heterocycles. The predicted molar refractivity (Wildman–Crippen MR) is 208 cm³/mol. The monoisotopic (exact) mass is 855 g/mol. The molecule has 23 heteroatoms. The van der Waals surface area contributed by atoms with E-state index < -0.39 is 70.6 Å². The number of nitrogens with zero attached hydrogens (tertiary/aromatic N) is 7. The van der Waals surface area contributed by atoms with Gasteiger partial charge >= 0.3 is 13.4 Å². The summed E-state index contributed by atoms with van der Waals surface area (Å²) in [7, 11) is -2.63. The van der Waals surface area contributed by atoms with Gasteiger partial charge in [-0.05, 0) is 41.7 Å². The molecule has 0 radical (unpaired) electrons. The van der Waals surface area contributed by atoms with E-state index in [9.17, 15) is 14.5 Å². The molecule has 3 fully saturated rings. The Morgan fingerprint density at radius 1 is 0.927 bits per heavy atom.